The van der Waals surface area contributed by atoms with Crippen molar-refractivity contribution in [1.29, 1.82) is 0 Å². The molecule has 0 aromatic heterocycles. The van der Waals surface area contributed by atoms with Crippen molar-refractivity contribution in [3.8, 4) is 11.5 Å². The van der Waals surface area contributed by atoms with Crippen molar-refractivity contribution in [3.63, 3.8) is 0 Å². The van der Waals surface area contributed by atoms with Crippen molar-refractivity contribution in [1.82, 2.24) is 5.32 Å². The monoisotopic (exact) mass is 387 g/mol. The molecule has 0 amide bonds. The Labute approximate surface area is 157 Å². The summed E-state index contributed by atoms with van der Waals surface area (Å²) in [6.07, 6.45) is 0. The van der Waals surface area contributed by atoms with Crippen LogP contribution in [0.15, 0.2) is 30.3 Å². The van der Waals surface area contributed by atoms with E-state index in [0.717, 1.165) is 17.7 Å². The van der Waals surface area contributed by atoms with Gasteiger partial charge in [-0.3, -0.25) is 0 Å². The van der Waals surface area contributed by atoms with Gasteiger partial charge in [0.25, 0.3) is 0 Å². The van der Waals surface area contributed by atoms with Gasteiger partial charge in [-0.25, -0.2) is 0 Å². The molecule has 2 aromatic carbocycles. The quantitative estimate of drug-likeness (QED) is 0.626. The molecule has 130 valence electrons. The van der Waals surface area contributed by atoms with Crippen LogP contribution in [-0.2, 0) is 13.2 Å². The first kappa shape index (κ1) is 19.2. The Balaban J connectivity index is 2.25. The molecule has 1 N–H and O–H groups in total. The van der Waals surface area contributed by atoms with Gasteiger partial charge >= 0.3 is 0 Å². The Hall–Kier alpha value is -1.13. The highest BCUT2D eigenvalue weighted by atomic mass is 35.5. The molecule has 6 heteroatoms. The van der Waals surface area contributed by atoms with E-state index in [1.807, 2.05) is 19.1 Å². The summed E-state index contributed by atoms with van der Waals surface area (Å²) < 4.78 is 11.6. The van der Waals surface area contributed by atoms with E-state index in [2.05, 4.69) is 12.2 Å². The number of hydrogen-bond acceptors (Lipinski definition) is 3. The van der Waals surface area contributed by atoms with Crippen molar-refractivity contribution in [2.45, 2.75) is 27.0 Å². The van der Waals surface area contributed by atoms with Crippen LogP contribution < -0.4 is 14.8 Å². The van der Waals surface area contributed by atoms with E-state index in [1.54, 1.807) is 18.2 Å². The van der Waals surface area contributed by atoms with Crippen molar-refractivity contribution >= 4 is 34.8 Å². The third kappa shape index (κ3) is 4.93. The number of benzene rings is 2. The van der Waals surface area contributed by atoms with E-state index in [0.29, 0.717) is 39.7 Å². The lowest BCUT2D eigenvalue weighted by Crippen LogP contribution is -2.12. The number of ether oxygens (including phenoxy) is 2. The van der Waals surface area contributed by atoms with Crippen LogP contribution in [0.1, 0.15) is 25.0 Å². The lowest BCUT2D eigenvalue weighted by Gasteiger charge is -2.16. The van der Waals surface area contributed by atoms with Crippen LogP contribution in [-0.4, -0.2) is 13.2 Å². The molecule has 0 aliphatic heterocycles. The molecule has 2 aromatic rings. The highest BCUT2D eigenvalue weighted by Crippen LogP contribution is 2.38. The zero-order valence-corrected chi connectivity index (χ0v) is 15.9. The number of rotatable bonds is 8. The fourth-order valence-electron chi connectivity index (χ4n) is 2.21. The van der Waals surface area contributed by atoms with Crippen LogP contribution in [0, 0.1) is 0 Å². The standard InChI is InChI=1S/C18H20Cl3NO2/c1-3-22-10-12-8-16(21)18(17(9-12)23-4-2)24-11-13-14(19)6-5-7-15(13)20/h5-9,22H,3-4,10-11H2,1-2H3. The Morgan fingerprint density at radius 1 is 0.958 bits per heavy atom. The third-order valence-electron chi connectivity index (χ3n) is 3.37. The Kier molecular flexibility index (Phi) is 7.50. The maximum atomic E-state index is 6.40. The molecule has 0 aliphatic rings. The van der Waals surface area contributed by atoms with Gasteiger partial charge in [-0.1, -0.05) is 47.8 Å². The highest BCUT2D eigenvalue weighted by Gasteiger charge is 2.14. The molecular weight excluding hydrogens is 369 g/mol. The number of nitrogens with one attached hydrogen (secondary N) is 1. The van der Waals surface area contributed by atoms with E-state index in [-0.39, 0.29) is 6.61 Å². The molecule has 0 atom stereocenters. The molecule has 0 heterocycles. The van der Waals surface area contributed by atoms with Crippen LogP contribution in [0.2, 0.25) is 15.1 Å². The zero-order valence-electron chi connectivity index (χ0n) is 13.7. The molecular formula is C18H20Cl3NO2. The predicted molar refractivity (Wildman–Crippen MR) is 101 cm³/mol. The smallest absolute Gasteiger partial charge is 0.180 e. The van der Waals surface area contributed by atoms with Gasteiger partial charge in [0.2, 0.25) is 0 Å². The molecule has 0 unspecified atom stereocenters. The lowest BCUT2D eigenvalue weighted by atomic mass is 10.2. The van der Waals surface area contributed by atoms with Crippen LogP contribution >= 0.6 is 34.8 Å². The molecule has 24 heavy (non-hydrogen) atoms. The van der Waals surface area contributed by atoms with Gasteiger partial charge in [0.05, 0.1) is 11.6 Å². The largest absolute Gasteiger partial charge is 0.490 e. The van der Waals surface area contributed by atoms with Gasteiger partial charge in [0.15, 0.2) is 11.5 Å². The molecule has 0 aliphatic carbocycles. The molecule has 0 saturated heterocycles. The van der Waals surface area contributed by atoms with E-state index in [4.69, 9.17) is 44.3 Å². The van der Waals surface area contributed by atoms with Crippen LogP contribution in [0.4, 0.5) is 0 Å². The first-order chi connectivity index (χ1) is 11.6. The van der Waals surface area contributed by atoms with Crippen molar-refractivity contribution in [2.75, 3.05) is 13.2 Å². The second-order valence-corrected chi connectivity index (χ2v) is 6.33. The van der Waals surface area contributed by atoms with Gasteiger partial charge in [0.1, 0.15) is 6.61 Å². The zero-order chi connectivity index (χ0) is 17.5. The van der Waals surface area contributed by atoms with Crippen LogP contribution in [0.5, 0.6) is 11.5 Å². The first-order valence-electron chi connectivity index (χ1n) is 7.78. The molecule has 2 rings (SSSR count). The van der Waals surface area contributed by atoms with Gasteiger partial charge in [-0.15, -0.1) is 0 Å². The minimum Gasteiger partial charge on any atom is -0.490 e. The molecule has 0 bridgehead atoms. The minimum absolute atomic E-state index is 0.213. The second kappa shape index (κ2) is 9.38. The maximum absolute atomic E-state index is 6.40. The van der Waals surface area contributed by atoms with E-state index >= 15 is 0 Å². The van der Waals surface area contributed by atoms with Crippen LogP contribution in [0.3, 0.4) is 0 Å². The highest BCUT2D eigenvalue weighted by molar-refractivity contribution is 6.36. The predicted octanol–water partition coefficient (Wildman–Crippen LogP) is 5.73. The summed E-state index contributed by atoms with van der Waals surface area (Å²) in [7, 11) is 0. The van der Waals surface area contributed by atoms with Crippen molar-refractivity contribution in [2.24, 2.45) is 0 Å². The second-order valence-electron chi connectivity index (χ2n) is 5.11. The molecule has 0 fully saturated rings. The Morgan fingerprint density at radius 3 is 2.29 bits per heavy atom. The topological polar surface area (TPSA) is 30.5 Å². The summed E-state index contributed by atoms with van der Waals surface area (Å²) in [5.41, 5.74) is 1.75. The molecule has 3 nitrogen and oxygen atoms in total. The van der Waals surface area contributed by atoms with Gasteiger partial charge in [-0.2, -0.15) is 0 Å². The maximum Gasteiger partial charge on any atom is 0.180 e. The van der Waals surface area contributed by atoms with Crippen molar-refractivity contribution in [3.05, 3.63) is 56.5 Å². The fraction of sp³-hybridized carbons (Fsp3) is 0.333. The number of halogens is 3. The fourth-order valence-corrected chi connectivity index (χ4v) is 3.00. The first-order valence-corrected chi connectivity index (χ1v) is 8.91. The van der Waals surface area contributed by atoms with Gasteiger partial charge in [-0.05, 0) is 43.3 Å². The number of hydrogen-bond donors (Lipinski definition) is 1. The minimum atomic E-state index is 0.213. The van der Waals surface area contributed by atoms with Gasteiger partial charge < -0.3 is 14.8 Å². The Morgan fingerprint density at radius 2 is 1.67 bits per heavy atom. The summed E-state index contributed by atoms with van der Waals surface area (Å²) in [6.45, 7) is 6.29. The van der Waals surface area contributed by atoms with Gasteiger partial charge in [0, 0.05) is 22.2 Å². The third-order valence-corrected chi connectivity index (χ3v) is 4.36. The average Bonchev–Trinajstić information content (AvgIpc) is 2.54. The summed E-state index contributed by atoms with van der Waals surface area (Å²) in [5, 5.41) is 4.87. The molecule has 0 radical (unpaired) electrons. The summed E-state index contributed by atoms with van der Waals surface area (Å²) in [5.74, 6) is 1.11. The summed E-state index contributed by atoms with van der Waals surface area (Å²) in [6, 6.07) is 9.15. The van der Waals surface area contributed by atoms with E-state index in [9.17, 15) is 0 Å². The molecule has 0 saturated carbocycles. The normalized spacial score (nSPS) is 10.7. The van der Waals surface area contributed by atoms with E-state index < -0.39 is 0 Å². The SMILES string of the molecule is CCNCc1cc(Cl)c(OCc2c(Cl)cccc2Cl)c(OCC)c1. The lowest BCUT2D eigenvalue weighted by molar-refractivity contribution is 0.269. The average molecular weight is 389 g/mol. The summed E-state index contributed by atoms with van der Waals surface area (Å²) in [4.78, 5) is 0. The van der Waals surface area contributed by atoms with E-state index in [1.165, 1.54) is 0 Å². The van der Waals surface area contributed by atoms with Crippen molar-refractivity contribution < 1.29 is 9.47 Å². The summed E-state index contributed by atoms with van der Waals surface area (Å²) >= 11 is 18.8. The Bertz CT molecular complexity index is 672. The van der Waals surface area contributed by atoms with Crippen LogP contribution in [0.25, 0.3) is 0 Å². The molecule has 0 spiro atoms.